The molecular formula is C21H28IN3O. The number of rotatable bonds is 5. The van der Waals surface area contributed by atoms with Crippen LogP contribution in [0.15, 0.2) is 53.5 Å². The maximum absolute atomic E-state index is 5.74. The highest BCUT2D eigenvalue weighted by Gasteiger charge is 2.21. The first-order valence-corrected chi connectivity index (χ1v) is 9.08. The average molecular weight is 465 g/mol. The first-order valence-electron chi connectivity index (χ1n) is 9.08. The summed E-state index contributed by atoms with van der Waals surface area (Å²) in [5.41, 5.74) is 3.82. The molecule has 0 amide bonds. The van der Waals surface area contributed by atoms with Crippen molar-refractivity contribution < 1.29 is 4.74 Å². The summed E-state index contributed by atoms with van der Waals surface area (Å²) < 4.78 is 5.74. The van der Waals surface area contributed by atoms with Gasteiger partial charge in [0, 0.05) is 25.1 Å². The molecule has 140 valence electrons. The van der Waals surface area contributed by atoms with Crippen molar-refractivity contribution in [2.24, 2.45) is 4.99 Å². The third-order valence-electron chi connectivity index (χ3n) is 4.40. The van der Waals surface area contributed by atoms with Crippen LogP contribution in [0.5, 0.6) is 5.75 Å². The lowest BCUT2D eigenvalue weighted by molar-refractivity contribution is 0.261. The number of benzene rings is 2. The van der Waals surface area contributed by atoms with Crippen LogP contribution in [0.1, 0.15) is 36.1 Å². The van der Waals surface area contributed by atoms with Gasteiger partial charge in [-0.3, -0.25) is 4.99 Å². The molecule has 1 aliphatic heterocycles. The minimum absolute atomic E-state index is 0. The van der Waals surface area contributed by atoms with Gasteiger partial charge in [-0.15, -0.1) is 24.0 Å². The Kier molecular flexibility index (Phi) is 8.22. The molecule has 1 heterocycles. The van der Waals surface area contributed by atoms with Crippen LogP contribution in [-0.4, -0.2) is 25.7 Å². The van der Waals surface area contributed by atoms with E-state index >= 15 is 0 Å². The number of nitrogens with zero attached hydrogens (tertiary/aromatic N) is 1. The molecule has 2 aromatic rings. The van der Waals surface area contributed by atoms with E-state index in [1.165, 1.54) is 16.7 Å². The number of ether oxygens (including phenoxy) is 1. The SMILES string of the molecule is CCNC(=NCCc1ccc(C)cc1)NC1CCOc2ccccc21.I. The van der Waals surface area contributed by atoms with Crippen LogP contribution in [0.25, 0.3) is 0 Å². The molecule has 0 aromatic heterocycles. The van der Waals surface area contributed by atoms with Crippen molar-refractivity contribution in [1.29, 1.82) is 0 Å². The van der Waals surface area contributed by atoms with E-state index in [9.17, 15) is 0 Å². The van der Waals surface area contributed by atoms with Crippen LogP contribution in [0.2, 0.25) is 0 Å². The van der Waals surface area contributed by atoms with Gasteiger partial charge in [-0.05, 0) is 31.9 Å². The van der Waals surface area contributed by atoms with Gasteiger partial charge in [0.1, 0.15) is 5.75 Å². The van der Waals surface area contributed by atoms with E-state index in [4.69, 9.17) is 9.73 Å². The van der Waals surface area contributed by atoms with Crippen molar-refractivity contribution in [1.82, 2.24) is 10.6 Å². The van der Waals surface area contributed by atoms with Crippen molar-refractivity contribution in [3.05, 3.63) is 65.2 Å². The molecule has 0 bridgehead atoms. The van der Waals surface area contributed by atoms with E-state index in [0.717, 1.165) is 44.2 Å². The summed E-state index contributed by atoms with van der Waals surface area (Å²) in [6.45, 7) is 6.55. The second-order valence-electron chi connectivity index (χ2n) is 6.37. The standard InChI is InChI=1S/C21H27N3O.HI/c1-3-22-21(23-14-12-17-10-8-16(2)9-11-17)24-19-13-15-25-20-7-5-4-6-18(19)20;/h4-11,19H,3,12-15H2,1-2H3,(H2,22,23,24);1H. The fraction of sp³-hybridized carbons (Fsp3) is 0.381. The highest BCUT2D eigenvalue weighted by Crippen LogP contribution is 2.31. The lowest BCUT2D eigenvalue weighted by atomic mass is 10.0. The Morgan fingerprint density at radius 3 is 2.69 bits per heavy atom. The molecule has 3 rings (SSSR count). The molecule has 0 saturated carbocycles. The monoisotopic (exact) mass is 465 g/mol. The summed E-state index contributed by atoms with van der Waals surface area (Å²) in [7, 11) is 0. The normalized spacial score (nSPS) is 16.1. The summed E-state index contributed by atoms with van der Waals surface area (Å²) in [5.74, 6) is 1.85. The van der Waals surface area contributed by atoms with E-state index in [1.54, 1.807) is 0 Å². The molecule has 5 heteroatoms. The molecule has 2 aromatic carbocycles. The van der Waals surface area contributed by atoms with E-state index < -0.39 is 0 Å². The quantitative estimate of drug-likeness (QED) is 0.395. The molecule has 1 unspecified atom stereocenters. The Balaban J connectivity index is 0.00000243. The van der Waals surface area contributed by atoms with Crippen LogP contribution in [0, 0.1) is 6.92 Å². The van der Waals surface area contributed by atoms with Crippen LogP contribution < -0.4 is 15.4 Å². The number of aryl methyl sites for hydroxylation is 1. The number of hydrogen-bond donors (Lipinski definition) is 2. The van der Waals surface area contributed by atoms with Crippen LogP contribution in [0.3, 0.4) is 0 Å². The van der Waals surface area contributed by atoms with E-state index in [-0.39, 0.29) is 30.0 Å². The Bertz CT molecular complexity index is 715. The van der Waals surface area contributed by atoms with E-state index in [1.807, 2.05) is 12.1 Å². The summed E-state index contributed by atoms with van der Waals surface area (Å²) in [6.07, 6.45) is 1.89. The Morgan fingerprint density at radius 2 is 1.92 bits per heavy atom. The molecule has 0 fully saturated rings. The molecule has 1 atom stereocenters. The van der Waals surface area contributed by atoms with Gasteiger partial charge in [0.2, 0.25) is 0 Å². The fourth-order valence-corrected chi connectivity index (χ4v) is 3.03. The zero-order chi connectivity index (χ0) is 17.5. The second-order valence-corrected chi connectivity index (χ2v) is 6.37. The maximum Gasteiger partial charge on any atom is 0.191 e. The van der Waals surface area contributed by atoms with Gasteiger partial charge in [-0.25, -0.2) is 0 Å². The largest absolute Gasteiger partial charge is 0.493 e. The van der Waals surface area contributed by atoms with Gasteiger partial charge >= 0.3 is 0 Å². The summed E-state index contributed by atoms with van der Waals surface area (Å²) in [4.78, 5) is 4.75. The predicted octanol–water partition coefficient (Wildman–Crippen LogP) is 4.23. The lowest BCUT2D eigenvalue weighted by Gasteiger charge is -2.28. The molecule has 1 aliphatic rings. The molecular weight excluding hydrogens is 437 g/mol. The van der Waals surface area contributed by atoms with Crippen molar-refractivity contribution in [2.45, 2.75) is 32.7 Å². The molecule has 0 radical (unpaired) electrons. The number of hydrogen-bond acceptors (Lipinski definition) is 2. The number of halogens is 1. The maximum atomic E-state index is 5.74. The first kappa shape index (κ1) is 20.6. The summed E-state index contributed by atoms with van der Waals surface area (Å²) in [5, 5.41) is 6.92. The van der Waals surface area contributed by atoms with E-state index in [0.29, 0.717) is 0 Å². The number of guanidine groups is 1. The Hall–Kier alpha value is -1.76. The minimum Gasteiger partial charge on any atom is -0.493 e. The number of fused-ring (bicyclic) bond motifs is 1. The van der Waals surface area contributed by atoms with Gasteiger partial charge in [0.15, 0.2) is 5.96 Å². The van der Waals surface area contributed by atoms with Crippen LogP contribution in [-0.2, 0) is 6.42 Å². The van der Waals surface area contributed by atoms with Crippen LogP contribution >= 0.6 is 24.0 Å². The number of para-hydroxylation sites is 1. The number of aliphatic imine (C=N–C) groups is 1. The Morgan fingerprint density at radius 1 is 1.15 bits per heavy atom. The van der Waals surface area contributed by atoms with Crippen molar-refractivity contribution in [3.63, 3.8) is 0 Å². The van der Waals surface area contributed by atoms with Gasteiger partial charge in [0.25, 0.3) is 0 Å². The molecule has 2 N–H and O–H groups in total. The second kappa shape index (κ2) is 10.4. The first-order chi connectivity index (χ1) is 12.3. The zero-order valence-corrected chi connectivity index (χ0v) is 17.8. The number of nitrogens with one attached hydrogen (secondary N) is 2. The van der Waals surface area contributed by atoms with E-state index in [2.05, 4.69) is 60.9 Å². The highest BCUT2D eigenvalue weighted by molar-refractivity contribution is 14.0. The van der Waals surface area contributed by atoms with Crippen molar-refractivity contribution in [2.75, 3.05) is 19.7 Å². The molecule has 26 heavy (non-hydrogen) atoms. The summed E-state index contributed by atoms with van der Waals surface area (Å²) >= 11 is 0. The fourth-order valence-electron chi connectivity index (χ4n) is 3.03. The van der Waals surface area contributed by atoms with Gasteiger partial charge in [-0.1, -0.05) is 48.0 Å². The van der Waals surface area contributed by atoms with Crippen LogP contribution in [0.4, 0.5) is 0 Å². The Labute approximate surface area is 173 Å². The molecule has 0 spiro atoms. The van der Waals surface area contributed by atoms with Gasteiger partial charge in [0.05, 0.1) is 12.6 Å². The van der Waals surface area contributed by atoms with Crippen molar-refractivity contribution in [3.8, 4) is 5.75 Å². The average Bonchev–Trinajstić information content (AvgIpc) is 2.64. The lowest BCUT2D eigenvalue weighted by Crippen LogP contribution is -2.41. The van der Waals surface area contributed by atoms with Gasteiger partial charge < -0.3 is 15.4 Å². The summed E-state index contributed by atoms with van der Waals surface area (Å²) in [6, 6.07) is 17.1. The smallest absolute Gasteiger partial charge is 0.191 e. The van der Waals surface area contributed by atoms with Gasteiger partial charge in [-0.2, -0.15) is 0 Å². The predicted molar refractivity (Wildman–Crippen MR) is 119 cm³/mol. The molecule has 0 aliphatic carbocycles. The minimum atomic E-state index is 0. The topological polar surface area (TPSA) is 45.7 Å². The third-order valence-corrected chi connectivity index (χ3v) is 4.40. The molecule has 4 nitrogen and oxygen atoms in total. The van der Waals surface area contributed by atoms with Crippen molar-refractivity contribution >= 4 is 29.9 Å². The zero-order valence-electron chi connectivity index (χ0n) is 15.5. The highest BCUT2D eigenvalue weighted by atomic mass is 127. The molecule has 0 saturated heterocycles. The third kappa shape index (κ3) is 5.62.